The lowest BCUT2D eigenvalue weighted by atomic mass is 10.0. The molecule has 0 atom stereocenters. The molecule has 0 saturated heterocycles. The van der Waals surface area contributed by atoms with E-state index < -0.39 is 0 Å². The predicted octanol–water partition coefficient (Wildman–Crippen LogP) is 2.86. The Morgan fingerprint density at radius 1 is 1.28 bits per heavy atom. The SMILES string of the molecule is COc1ccccc1CNC(=O)CN1CCc2[nH]c3ccc(Cl)cc3c(=O)c2C1. The summed E-state index contributed by atoms with van der Waals surface area (Å²) in [6.45, 7) is 1.79. The van der Waals surface area contributed by atoms with Crippen molar-refractivity contribution in [1.29, 1.82) is 0 Å². The highest BCUT2D eigenvalue weighted by atomic mass is 35.5. The average molecular weight is 412 g/mol. The molecule has 0 spiro atoms. The molecule has 1 aliphatic rings. The zero-order valence-corrected chi connectivity index (χ0v) is 16.9. The van der Waals surface area contributed by atoms with Gasteiger partial charge in [-0.2, -0.15) is 0 Å². The van der Waals surface area contributed by atoms with E-state index in [4.69, 9.17) is 16.3 Å². The van der Waals surface area contributed by atoms with Crippen LogP contribution in [0.25, 0.3) is 10.9 Å². The van der Waals surface area contributed by atoms with Crippen molar-refractivity contribution in [3.63, 3.8) is 0 Å². The molecule has 2 N–H and O–H groups in total. The quantitative estimate of drug-likeness (QED) is 0.677. The number of aromatic amines is 1. The number of ether oxygens (including phenoxy) is 1. The molecule has 7 heteroatoms. The van der Waals surface area contributed by atoms with E-state index in [0.29, 0.717) is 42.0 Å². The number of carbonyl (C=O) groups is 1. The molecule has 3 aromatic rings. The number of fused-ring (bicyclic) bond motifs is 2. The van der Waals surface area contributed by atoms with Crippen LogP contribution in [-0.2, 0) is 24.3 Å². The van der Waals surface area contributed by atoms with Gasteiger partial charge in [-0.1, -0.05) is 29.8 Å². The molecule has 0 aliphatic carbocycles. The van der Waals surface area contributed by atoms with Gasteiger partial charge in [0.2, 0.25) is 5.91 Å². The molecule has 0 fully saturated rings. The highest BCUT2D eigenvalue weighted by Crippen LogP contribution is 2.21. The second-order valence-corrected chi connectivity index (χ2v) is 7.59. The summed E-state index contributed by atoms with van der Waals surface area (Å²) >= 11 is 6.05. The maximum absolute atomic E-state index is 12.9. The molecule has 0 saturated carbocycles. The first-order chi connectivity index (χ1) is 14.0. The van der Waals surface area contributed by atoms with Crippen molar-refractivity contribution >= 4 is 28.4 Å². The fraction of sp³-hybridized carbons (Fsp3) is 0.273. The number of pyridine rings is 1. The van der Waals surface area contributed by atoms with Crippen LogP contribution in [0.1, 0.15) is 16.8 Å². The van der Waals surface area contributed by atoms with E-state index in [1.54, 1.807) is 19.2 Å². The second-order valence-electron chi connectivity index (χ2n) is 7.15. The normalized spacial score (nSPS) is 13.9. The first-order valence-electron chi connectivity index (χ1n) is 9.49. The van der Waals surface area contributed by atoms with Crippen LogP contribution in [0.2, 0.25) is 5.02 Å². The maximum atomic E-state index is 12.9. The lowest BCUT2D eigenvalue weighted by Crippen LogP contribution is -2.41. The molecule has 1 aromatic heterocycles. The number of nitrogens with zero attached hydrogens (tertiary/aromatic N) is 1. The zero-order valence-electron chi connectivity index (χ0n) is 16.1. The van der Waals surface area contributed by atoms with Crippen LogP contribution in [0.5, 0.6) is 5.75 Å². The van der Waals surface area contributed by atoms with Crippen molar-refractivity contribution in [2.24, 2.45) is 0 Å². The predicted molar refractivity (Wildman–Crippen MR) is 113 cm³/mol. The summed E-state index contributed by atoms with van der Waals surface area (Å²) in [5, 5.41) is 4.05. The van der Waals surface area contributed by atoms with E-state index >= 15 is 0 Å². The number of halogens is 1. The van der Waals surface area contributed by atoms with Gasteiger partial charge in [0.05, 0.1) is 13.7 Å². The molecule has 0 radical (unpaired) electrons. The van der Waals surface area contributed by atoms with Crippen molar-refractivity contribution in [3.05, 3.63) is 74.5 Å². The van der Waals surface area contributed by atoms with Gasteiger partial charge in [0, 0.05) is 58.8 Å². The van der Waals surface area contributed by atoms with Gasteiger partial charge in [-0.25, -0.2) is 0 Å². The van der Waals surface area contributed by atoms with Gasteiger partial charge in [0.25, 0.3) is 0 Å². The van der Waals surface area contributed by atoms with Crippen molar-refractivity contribution < 1.29 is 9.53 Å². The summed E-state index contributed by atoms with van der Waals surface area (Å²) in [5.74, 6) is 0.663. The third-order valence-electron chi connectivity index (χ3n) is 5.25. The molecule has 1 amide bonds. The minimum Gasteiger partial charge on any atom is -0.496 e. The number of benzene rings is 2. The van der Waals surface area contributed by atoms with Crippen LogP contribution in [-0.4, -0.2) is 36.0 Å². The number of H-pyrrole nitrogens is 1. The molecule has 0 unspecified atom stereocenters. The molecule has 4 rings (SSSR count). The molecule has 150 valence electrons. The summed E-state index contributed by atoms with van der Waals surface area (Å²) in [7, 11) is 1.61. The number of hydrogen-bond donors (Lipinski definition) is 2. The topological polar surface area (TPSA) is 74.4 Å². The van der Waals surface area contributed by atoms with Crippen LogP contribution in [0.4, 0.5) is 0 Å². The van der Waals surface area contributed by atoms with Crippen molar-refractivity contribution in [3.8, 4) is 5.75 Å². The monoisotopic (exact) mass is 411 g/mol. The standard InChI is InChI=1S/C22H22ClN3O3/c1-29-20-5-3-2-4-14(20)11-24-21(27)13-26-9-8-19-17(12-26)22(28)16-10-15(23)6-7-18(16)25-19/h2-7,10H,8-9,11-13H2,1H3,(H,24,27)(H,25,28). The second kappa shape index (κ2) is 8.27. The average Bonchev–Trinajstić information content (AvgIpc) is 2.73. The van der Waals surface area contributed by atoms with Crippen LogP contribution in [0.15, 0.2) is 47.3 Å². The summed E-state index contributed by atoms with van der Waals surface area (Å²) in [6.07, 6.45) is 0.697. The Morgan fingerprint density at radius 2 is 2.10 bits per heavy atom. The Labute approximate surface area is 173 Å². The molecule has 6 nitrogen and oxygen atoms in total. The first-order valence-corrected chi connectivity index (χ1v) is 9.87. The first kappa shape index (κ1) is 19.5. The smallest absolute Gasteiger partial charge is 0.234 e. The van der Waals surface area contributed by atoms with Gasteiger partial charge in [-0.05, 0) is 24.3 Å². The number of hydrogen-bond acceptors (Lipinski definition) is 4. The van der Waals surface area contributed by atoms with Crippen molar-refractivity contribution in [2.75, 3.05) is 20.2 Å². The minimum atomic E-state index is -0.0837. The van der Waals surface area contributed by atoms with Gasteiger partial charge >= 0.3 is 0 Å². The number of methoxy groups -OCH3 is 1. The van der Waals surface area contributed by atoms with Crippen molar-refractivity contribution in [1.82, 2.24) is 15.2 Å². The Morgan fingerprint density at radius 3 is 2.93 bits per heavy atom. The Kier molecular flexibility index (Phi) is 5.56. The van der Waals surface area contributed by atoms with Crippen LogP contribution in [0, 0.1) is 0 Å². The number of rotatable bonds is 5. The summed E-state index contributed by atoms with van der Waals surface area (Å²) in [4.78, 5) is 30.7. The number of aromatic nitrogens is 1. The van der Waals surface area contributed by atoms with E-state index in [-0.39, 0.29) is 17.9 Å². The zero-order chi connectivity index (χ0) is 20.4. The summed E-state index contributed by atoms with van der Waals surface area (Å²) in [6, 6.07) is 12.9. The summed E-state index contributed by atoms with van der Waals surface area (Å²) < 4.78 is 5.31. The van der Waals surface area contributed by atoms with Gasteiger partial charge in [0.1, 0.15) is 5.75 Å². The van der Waals surface area contributed by atoms with Gasteiger partial charge in [0.15, 0.2) is 5.43 Å². The molecule has 1 aliphatic heterocycles. The molecule has 29 heavy (non-hydrogen) atoms. The van der Waals surface area contributed by atoms with Gasteiger partial charge in [-0.3, -0.25) is 14.5 Å². The lowest BCUT2D eigenvalue weighted by Gasteiger charge is -2.28. The highest BCUT2D eigenvalue weighted by molar-refractivity contribution is 6.31. The fourth-order valence-corrected chi connectivity index (χ4v) is 3.91. The third-order valence-corrected chi connectivity index (χ3v) is 5.48. The Balaban J connectivity index is 1.44. The van der Waals surface area contributed by atoms with E-state index in [2.05, 4.69) is 10.3 Å². The number of para-hydroxylation sites is 1. The number of amides is 1. The van der Waals surface area contributed by atoms with Crippen LogP contribution in [0.3, 0.4) is 0 Å². The lowest BCUT2D eigenvalue weighted by molar-refractivity contribution is -0.122. The third kappa shape index (κ3) is 4.13. The van der Waals surface area contributed by atoms with Crippen LogP contribution < -0.4 is 15.5 Å². The number of carbonyl (C=O) groups excluding carboxylic acids is 1. The molecule has 2 heterocycles. The van der Waals surface area contributed by atoms with Gasteiger partial charge < -0.3 is 15.0 Å². The Hall–Kier alpha value is -2.83. The molecule has 2 aromatic carbocycles. The van der Waals surface area contributed by atoms with Crippen molar-refractivity contribution in [2.45, 2.75) is 19.5 Å². The largest absolute Gasteiger partial charge is 0.496 e. The molecular weight excluding hydrogens is 390 g/mol. The van der Waals surface area contributed by atoms with Crippen LogP contribution >= 0.6 is 11.6 Å². The molecule has 0 bridgehead atoms. The van der Waals surface area contributed by atoms with E-state index in [1.807, 2.05) is 35.2 Å². The Bertz CT molecular complexity index is 1130. The fourth-order valence-electron chi connectivity index (χ4n) is 3.74. The maximum Gasteiger partial charge on any atom is 0.234 e. The van der Waals surface area contributed by atoms with E-state index in [9.17, 15) is 9.59 Å². The molecular formula is C22H22ClN3O3. The number of nitrogens with one attached hydrogen (secondary N) is 2. The minimum absolute atomic E-state index is 0.0182. The summed E-state index contributed by atoms with van der Waals surface area (Å²) in [5.41, 5.74) is 3.35. The highest BCUT2D eigenvalue weighted by Gasteiger charge is 2.22. The van der Waals surface area contributed by atoms with E-state index in [0.717, 1.165) is 22.5 Å². The van der Waals surface area contributed by atoms with Gasteiger partial charge in [-0.15, -0.1) is 0 Å². The van der Waals surface area contributed by atoms with E-state index in [1.165, 1.54) is 0 Å².